The van der Waals surface area contributed by atoms with Crippen LogP contribution in [0.5, 0.6) is 11.5 Å². The summed E-state index contributed by atoms with van der Waals surface area (Å²) in [5, 5.41) is 5.12. The molecule has 0 aliphatic rings. The van der Waals surface area contributed by atoms with Crippen LogP contribution in [0.4, 0.5) is 0 Å². The molecule has 4 nitrogen and oxygen atoms in total. The zero-order chi connectivity index (χ0) is 18.4. The number of carbonyl (C=O) groups excluding carboxylic acids is 1. The van der Waals surface area contributed by atoms with Crippen molar-refractivity contribution in [1.82, 2.24) is 5.32 Å². The molecule has 4 heteroatoms. The van der Waals surface area contributed by atoms with Gasteiger partial charge in [0.2, 0.25) is 0 Å². The highest BCUT2D eigenvalue weighted by Gasteiger charge is 2.06. The third-order valence-corrected chi connectivity index (χ3v) is 4.33. The van der Waals surface area contributed by atoms with E-state index in [1.807, 2.05) is 62.4 Å². The van der Waals surface area contributed by atoms with Crippen LogP contribution in [0.25, 0.3) is 10.8 Å². The largest absolute Gasteiger partial charge is 0.492 e. The van der Waals surface area contributed by atoms with Crippen LogP contribution in [0.3, 0.4) is 0 Å². The third kappa shape index (κ3) is 4.54. The Hall–Kier alpha value is -3.01. The molecule has 134 valence electrons. The number of rotatable bonds is 7. The second kappa shape index (κ2) is 8.39. The topological polar surface area (TPSA) is 47.6 Å². The van der Waals surface area contributed by atoms with E-state index in [2.05, 4.69) is 17.4 Å². The first-order valence-corrected chi connectivity index (χ1v) is 8.71. The summed E-state index contributed by atoms with van der Waals surface area (Å²) >= 11 is 0. The van der Waals surface area contributed by atoms with E-state index < -0.39 is 0 Å². The molecule has 1 N–H and O–H groups in total. The van der Waals surface area contributed by atoms with Gasteiger partial charge >= 0.3 is 0 Å². The molecule has 0 aromatic heterocycles. The normalized spacial score (nSPS) is 10.5. The van der Waals surface area contributed by atoms with Gasteiger partial charge < -0.3 is 14.8 Å². The maximum atomic E-state index is 11.9. The smallest absolute Gasteiger partial charge is 0.258 e. The number of hydrogen-bond acceptors (Lipinski definition) is 3. The Balaban J connectivity index is 1.41. The number of benzene rings is 3. The van der Waals surface area contributed by atoms with Crippen LogP contribution in [0, 0.1) is 13.8 Å². The molecule has 0 fully saturated rings. The molecule has 0 aliphatic heterocycles. The van der Waals surface area contributed by atoms with Crippen molar-refractivity contribution in [2.24, 2.45) is 0 Å². The maximum Gasteiger partial charge on any atom is 0.258 e. The molecular formula is C22H23NO3. The van der Waals surface area contributed by atoms with Crippen molar-refractivity contribution >= 4 is 16.7 Å². The van der Waals surface area contributed by atoms with Gasteiger partial charge in [0.05, 0.1) is 6.54 Å². The first-order chi connectivity index (χ1) is 12.6. The number of carbonyl (C=O) groups is 1. The molecule has 1 amide bonds. The quantitative estimate of drug-likeness (QED) is 0.655. The molecule has 3 aromatic rings. The molecule has 3 rings (SSSR count). The van der Waals surface area contributed by atoms with Gasteiger partial charge in [-0.15, -0.1) is 0 Å². The molecule has 0 spiro atoms. The summed E-state index contributed by atoms with van der Waals surface area (Å²) in [7, 11) is 0. The van der Waals surface area contributed by atoms with Crippen LogP contribution in [0.15, 0.2) is 60.7 Å². The summed E-state index contributed by atoms with van der Waals surface area (Å²) in [6, 6.07) is 19.9. The van der Waals surface area contributed by atoms with E-state index in [0.29, 0.717) is 13.2 Å². The second-order valence-electron chi connectivity index (χ2n) is 6.19. The molecule has 0 unspecified atom stereocenters. The number of amides is 1. The van der Waals surface area contributed by atoms with Gasteiger partial charge in [0, 0.05) is 0 Å². The maximum absolute atomic E-state index is 11.9. The Morgan fingerprint density at radius 3 is 2.58 bits per heavy atom. The van der Waals surface area contributed by atoms with Gasteiger partial charge in [-0.3, -0.25) is 4.79 Å². The minimum atomic E-state index is -0.159. The lowest BCUT2D eigenvalue weighted by molar-refractivity contribution is -0.123. The summed E-state index contributed by atoms with van der Waals surface area (Å²) in [5.74, 6) is 1.38. The predicted octanol–water partition coefficient (Wildman–Crippen LogP) is 4.03. The van der Waals surface area contributed by atoms with E-state index in [1.165, 1.54) is 5.39 Å². The van der Waals surface area contributed by atoms with Crippen molar-refractivity contribution in [3.8, 4) is 11.5 Å². The van der Waals surface area contributed by atoms with Crippen molar-refractivity contribution < 1.29 is 14.3 Å². The Morgan fingerprint density at radius 1 is 0.923 bits per heavy atom. The van der Waals surface area contributed by atoms with Crippen molar-refractivity contribution in [2.45, 2.75) is 13.8 Å². The van der Waals surface area contributed by atoms with E-state index in [9.17, 15) is 4.79 Å². The van der Waals surface area contributed by atoms with Gasteiger partial charge in [-0.2, -0.15) is 0 Å². The summed E-state index contributed by atoms with van der Waals surface area (Å²) in [4.78, 5) is 11.9. The standard InChI is InChI=1S/C22H23NO3/c1-16-6-5-9-21(17(16)2)26-15-22(24)23-12-13-25-20-11-10-18-7-3-4-8-19(18)14-20/h3-11,14H,12-13,15H2,1-2H3,(H,23,24). The van der Waals surface area contributed by atoms with Gasteiger partial charge in [0.15, 0.2) is 6.61 Å². The van der Waals surface area contributed by atoms with Gasteiger partial charge in [-0.25, -0.2) is 0 Å². The lowest BCUT2D eigenvalue weighted by atomic mass is 10.1. The molecule has 0 heterocycles. The molecule has 0 saturated carbocycles. The van der Waals surface area contributed by atoms with Crippen molar-refractivity contribution in [3.63, 3.8) is 0 Å². The summed E-state index contributed by atoms with van der Waals surface area (Å²) in [6.07, 6.45) is 0. The average molecular weight is 349 g/mol. The third-order valence-electron chi connectivity index (χ3n) is 4.33. The molecule has 0 saturated heterocycles. The molecule has 0 bridgehead atoms. The van der Waals surface area contributed by atoms with E-state index >= 15 is 0 Å². The van der Waals surface area contributed by atoms with Crippen molar-refractivity contribution in [3.05, 3.63) is 71.8 Å². The average Bonchev–Trinajstić information content (AvgIpc) is 2.66. The highest BCUT2D eigenvalue weighted by Crippen LogP contribution is 2.21. The van der Waals surface area contributed by atoms with Gasteiger partial charge in [0.1, 0.15) is 18.1 Å². The number of aryl methyl sites for hydroxylation is 1. The summed E-state index contributed by atoms with van der Waals surface area (Å²) in [6.45, 7) is 4.85. The minimum Gasteiger partial charge on any atom is -0.492 e. The fourth-order valence-electron chi connectivity index (χ4n) is 2.69. The first kappa shape index (κ1) is 17.8. The highest BCUT2D eigenvalue weighted by molar-refractivity contribution is 5.83. The first-order valence-electron chi connectivity index (χ1n) is 8.71. The monoisotopic (exact) mass is 349 g/mol. The van der Waals surface area contributed by atoms with Crippen LogP contribution in [-0.4, -0.2) is 25.7 Å². The molecule has 0 aliphatic carbocycles. The Labute approximate surface area is 153 Å². The van der Waals surface area contributed by atoms with Gasteiger partial charge in [0.25, 0.3) is 5.91 Å². The molecule has 26 heavy (non-hydrogen) atoms. The van der Waals surface area contributed by atoms with E-state index in [-0.39, 0.29) is 12.5 Å². The predicted molar refractivity (Wildman–Crippen MR) is 104 cm³/mol. The molecule has 3 aromatic carbocycles. The highest BCUT2D eigenvalue weighted by atomic mass is 16.5. The van der Waals surface area contributed by atoms with E-state index in [4.69, 9.17) is 9.47 Å². The van der Waals surface area contributed by atoms with Crippen LogP contribution < -0.4 is 14.8 Å². The Bertz CT molecular complexity index is 905. The van der Waals surface area contributed by atoms with E-state index in [0.717, 1.165) is 28.0 Å². The molecule has 0 radical (unpaired) electrons. The zero-order valence-electron chi connectivity index (χ0n) is 15.1. The second-order valence-corrected chi connectivity index (χ2v) is 6.19. The number of hydrogen-bond donors (Lipinski definition) is 1. The summed E-state index contributed by atoms with van der Waals surface area (Å²) < 4.78 is 11.3. The number of fused-ring (bicyclic) bond motifs is 1. The molecule has 0 atom stereocenters. The molecular weight excluding hydrogens is 326 g/mol. The number of nitrogens with one attached hydrogen (secondary N) is 1. The van der Waals surface area contributed by atoms with Crippen molar-refractivity contribution in [1.29, 1.82) is 0 Å². The fourth-order valence-corrected chi connectivity index (χ4v) is 2.69. The lowest BCUT2D eigenvalue weighted by Crippen LogP contribution is -2.32. The Kier molecular flexibility index (Phi) is 5.74. The van der Waals surface area contributed by atoms with Crippen LogP contribution in [0.1, 0.15) is 11.1 Å². The van der Waals surface area contributed by atoms with E-state index in [1.54, 1.807) is 0 Å². The zero-order valence-corrected chi connectivity index (χ0v) is 15.1. The summed E-state index contributed by atoms with van der Waals surface area (Å²) in [5.41, 5.74) is 2.20. The fraction of sp³-hybridized carbons (Fsp3) is 0.227. The Morgan fingerprint density at radius 2 is 1.73 bits per heavy atom. The van der Waals surface area contributed by atoms with Crippen LogP contribution in [0.2, 0.25) is 0 Å². The van der Waals surface area contributed by atoms with Crippen molar-refractivity contribution in [2.75, 3.05) is 19.8 Å². The lowest BCUT2D eigenvalue weighted by Gasteiger charge is -2.11. The van der Waals surface area contributed by atoms with Gasteiger partial charge in [-0.05, 0) is 53.9 Å². The van der Waals surface area contributed by atoms with Gasteiger partial charge in [-0.1, -0.05) is 42.5 Å². The minimum absolute atomic E-state index is 0.000266. The number of ether oxygens (including phenoxy) is 2. The van der Waals surface area contributed by atoms with Crippen LogP contribution >= 0.6 is 0 Å². The van der Waals surface area contributed by atoms with Crippen LogP contribution in [-0.2, 0) is 4.79 Å². The SMILES string of the molecule is Cc1cccc(OCC(=O)NCCOc2ccc3ccccc3c2)c1C.